The van der Waals surface area contributed by atoms with Gasteiger partial charge in [-0.2, -0.15) is 5.26 Å². The van der Waals surface area contributed by atoms with E-state index in [9.17, 15) is 14.9 Å². The van der Waals surface area contributed by atoms with Crippen LogP contribution < -0.4 is 10.6 Å². The van der Waals surface area contributed by atoms with E-state index in [0.717, 1.165) is 29.7 Å². The maximum Gasteiger partial charge on any atom is 0.234 e. The van der Waals surface area contributed by atoms with E-state index in [1.807, 2.05) is 31.2 Å². The molecule has 0 saturated heterocycles. The van der Waals surface area contributed by atoms with Crippen LogP contribution in [-0.4, -0.2) is 17.4 Å². The van der Waals surface area contributed by atoms with Gasteiger partial charge < -0.3 is 10.6 Å². The zero-order valence-electron chi connectivity index (χ0n) is 17.6. The van der Waals surface area contributed by atoms with E-state index in [1.54, 1.807) is 24.3 Å². The lowest BCUT2D eigenvalue weighted by molar-refractivity contribution is -0.116. The number of nitrogens with one attached hydrogen (secondary N) is 2. The highest BCUT2D eigenvalue weighted by Gasteiger charge is 2.37. The van der Waals surface area contributed by atoms with E-state index in [2.05, 4.69) is 16.7 Å². The first kappa shape index (κ1) is 22.2. The number of hydrogen-bond donors (Lipinski definition) is 2. The molecule has 1 heterocycles. The van der Waals surface area contributed by atoms with Gasteiger partial charge in [-0.3, -0.25) is 9.59 Å². The Morgan fingerprint density at radius 1 is 1.25 bits per heavy atom. The molecule has 1 atom stereocenters. The van der Waals surface area contributed by atoms with Crippen LogP contribution in [0.25, 0.3) is 0 Å². The largest absolute Gasteiger partial charge is 0.352 e. The molecule has 0 bridgehead atoms. The molecule has 0 unspecified atom stereocenters. The molecule has 2 aromatic carbocycles. The number of carbonyl (C=O) groups excluding carboxylic acids is 2. The second-order valence-corrected chi connectivity index (χ2v) is 9.26. The van der Waals surface area contributed by atoms with E-state index in [1.165, 1.54) is 11.8 Å². The van der Waals surface area contributed by atoms with E-state index in [4.69, 9.17) is 11.6 Å². The van der Waals surface area contributed by atoms with Gasteiger partial charge in [-0.25, -0.2) is 0 Å². The van der Waals surface area contributed by atoms with Crippen LogP contribution in [0.15, 0.2) is 70.4 Å². The minimum absolute atomic E-state index is 0.0832. The number of halogens is 1. The number of nitriles is 1. The van der Waals surface area contributed by atoms with Crippen LogP contribution in [0, 0.1) is 18.3 Å². The van der Waals surface area contributed by atoms with Gasteiger partial charge in [-0.15, -0.1) is 0 Å². The number of aryl methyl sites for hydroxylation is 1. The number of Topliss-reactive ketones (excluding diaryl/α,β-unsaturated/α-hetero) is 1. The highest BCUT2D eigenvalue weighted by Crippen LogP contribution is 2.44. The van der Waals surface area contributed by atoms with E-state index >= 15 is 0 Å². The molecule has 0 radical (unpaired) electrons. The molecule has 1 aliphatic heterocycles. The fraction of sp³-hybridized carbons (Fsp3) is 0.240. The summed E-state index contributed by atoms with van der Waals surface area (Å²) >= 11 is 7.26. The normalized spacial score (nSPS) is 18.0. The number of hydrogen-bond acceptors (Lipinski definition) is 5. The maximum absolute atomic E-state index is 12.8. The summed E-state index contributed by atoms with van der Waals surface area (Å²) in [6.07, 6.45) is 2.02. The van der Waals surface area contributed by atoms with Crippen molar-refractivity contribution >= 4 is 40.7 Å². The number of dihydropyridines is 1. The molecule has 0 aromatic heterocycles. The van der Waals surface area contributed by atoms with Gasteiger partial charge in [0.1, 0.15) is 0 Å². The van der Waals surface area contributed by atoms with Crippen LogP contribution in [0.2, 0.25) is 5.02 Å². The van der Waals surface area contributed by atoms with Crippen molar-refractivity contribution in [2.24, 2.45) is 0 Å². The summed E-state index contributed by atoms with van der Waals surface area (Å²) < 4.78 is 0. The first-order chi connectivity index (χ1) is 15.5. The van der Waals surface area contributed by atoms with Gasteiger partial charge in [-0.05, 0) is 43.5 Å². The van der Waals surface area contributed by atoms with Crippen LogP contribution >= 0.6 is 23.4 Å². The minimum Gasteiger partial charge on any atom is -0.352 e. The molecule has 32 heavy (non-hydrogen) atoms. The highest BCUT2D eigenvalue weighted by molar-refractivity contribution is 8.03. The van der Waals surface area contributed by atoms with Crippen molar-refractivity contribution in [1.82, 2.24) is 5.32 Å². The predicted octanol–water partition coefficient (Wildman–Crippen LogP) is 5.45. The number of anilines is 1. The average molecular weight is 464 g/mol. The third-order valence-corrected chi connectivity index (χ3v) is 6.78. The van der Waals surface area contributed by atoms with Crippen molar-refractivity contribution < 1.29 is 9.59 Å². The molecule has 2 aliphatic rings. The molecule has 4 rings (SSSR count). The monoisotopic (exact) mass is 463 g/mol. The van der Waals surface area contributed by atoms with Gasteiger partial charge in [-0.1, -0.05) is 59.3 Å². The summed E-state index contributed by atoms with van der Waals surface area (Å²) in [5, 5.41) is 17.3. The Bertz CT molecular complexity index is 1180. The number of ketones is 1. The van der Waals surface area contributed by atoms with Gasteiger partial charge in [0.05, 0.1) is 28.3 Å². The molecular formula is C25H22ClN3O2S. The van der Waals surface area contributed by atoms with Crippen molar-refractivity contribution in [1.29, 1.82) is 5.26 Å². The van der Waals surface area contributed by atoms with Crippen molar-refractivity contribution in [2.75, 3.05) is 11.1 Å². The first-order valence-corrected chi connectivity index (χ1v) is 11.7. The smallest absolute Gasteiger partial charge is 0.234 e. The first-order valence-electron chi connectivity index (χ1n) is 10.4. The molecular weight excluding hydrogens is 442 g/mol. The van der Waals surface area contributed by atoms with Gasteiger partial charge in [0.15, 0.2) is 5.78 Å². The van der Waals surface area contributed by atoms with Gasteiger partial charge >= 0.3 is 0 Å². The summed E-state index contributed by atoms with van der Waals surface area (Å²) in [7, 11) is 0. The molecule has 2 N–H and O–H groups in total. The summed E-state index contributed by atoms with van der Waals surface area (Å²) in [5.41, 5.74) is 4.67. The zero-order valence-corrected chi connectivity index (χ0v) is 19.1. The molecule has 0 spiro atoms. The Hall–Kier alpha value is -3.01. The highest BCUT2D eigenvalue weighted by atomic mass is 35.5. The molecule has 1 aliphatic carbocycles. The summed E-state index contributed by atoms with van der Waals surface area (Å²) in [4.78, 5) is 25.3. The van der Waals surface area contributed by atoms with Gasteiger partial charge in [0.25, 0.3) is 0 Å². The fourth-order valence-corrected chi connectivity index (χ4v) is 5.08. The third kappa shape index (κ3) is 4.74. The minimum atomic E-state index is -0.414. The number of carbonyl (C=O) groups is 2. The molecule has 1 amide bonds. The zero-order chi connectivity index (χ0) is 22.7. The number of rotatable bonds is 5. The van der Waals surface area contributed by atoms with E-state index in [-0.39, 0.29) is 17.4 Å². The summed E-state index contributed by atoms with van der Waals surface area (Å²) in [6, 6.07) is 17.2. The van der Waals surface area contributed by atoms with Crippen molar-refractivity contribution in [3.8, 4) is 6.07 Å². The summed E-state index contributed by atoms with van der Waals surface area (Å²) in [6.45, 7) is 2.00. The van der Waals surface area contributed by atoms with Gasteiger partial charge in [0, 0.05) is 28.4 Å². The van der Waals surface area contributed by atoms with Crippen LogP contribution in [0.1, 0.15) is 36.3 Å². The van der Waals surface area contributed by atoms with Crippen LogP contribution in [-0.2, 0) is 9.59 Å². The topological polar surface area (TPSA) is 82.0 Å². The van der Waals surface area contributed by atoms with Crippen molar-refractivity contribution in [2.45, 2.75) is 32.1 Å². The molecule has 7 heteroatoms. The SMILES string of the molecule is Cc1ccc([C@@H]2C(C#N)=C(SCC(=O)Nc3cccc(Cl)c3)NC3=C2C(=O)CCC3)cc1. The van der Waals surface area contributed by atoms with E-state index < -0.39 is 5.92 Å². The number of nitrogens with zero attached hydrogens (tertiary/aromatic N) is 1. The maximum atomic E-state index is 12.8. The molecule has 162 valence electrons. The Morgan fingerprint density at radius 2 is 2.03 bits per heavy atom. The number of thioether (sulfide) groups is 1. The lowest BCUT2D eigenvalue weighted by Gasteiger charge is -2.33. The number of benzene rings is 2. The second-order valence-electron chi connectivity index (χ2n) is 7.84. The lowest BCUT2D eigenvalue weighted by Crippen LogP contribution is -2.31. The van der Waals surface area contributed by atoms with Gasteiger partial charge in [0.2, 0.25) is 5.91 Å². The van der Waals surface area contributed by atoms with E-state index in [0.29, 0.717) is 33.3 Å². The summed E-state index contributed by atoms with van der Waals surface area (Å²) in [5.74, 6) is -0.407. The fourth-order valence-electron chi connectivity index (χ4n) is 4.03. The predicted molar refractivity (Wildman–Crippen MR) is 128 cm³/mol. The second kappa shape index (κ2) is 9.64. The lowest BCUT2D eigenvalue weighted by atomic mass is 9.77. The van der Waals surface area contributed by atoms with Crippen LogP contribution in [0.5, 0.6) is 0 Å². The number of amides is 1. The quantitative estimate of drug-likeness (QED) is 0.616. The molecule has 0 saturated carbocycles. The van der Waals surface area contributed by atoms with Crippen molar-refractivity contribution in [3.63, 3.8) is 0 Å². The molecule has 0 fully saturated rings. The Labute approximate surface area is 196 Å². The molecule has 5 nitrogen and oxygen atoms in total. The van der Waals surface area contributed by atoms with Crippen LogP contribution in [0.3, 0.4) is 0 Å². The molecule has 2 aromatic rings. The Morgan fingerprint density at radius 3 is 2.75 bits per heavy atom. The average Bonchev–Trinajstić information content (AvgIpc) is 2.77. The van der Waals surface area contributed by atoms with Crippen molar-refractivity contribution in [3.05, 3.63) is 86.6 Å². The Kier molecular flexibility index (Phi) is 6.69. The standard InChI is InChI=1S/C25H22ClN3O2S/c1-15-8-10-16(11-9-15)23-19(13-27)25(29-20-6-3-7-21(30)24(20)23)32-14-22(31)28-18-5-2-4-17(26)12-18/h2,4-5,8-12,23,29H,3,6-7,14H2,1H3,(H,28,31)/t23-/m1/s1. The third-order valence-electron chi connectivity index (χ3n) is 5.53. The Balaban J connectivity index is 1.61. The number of allylic oxidation sites excluding steroid dienone is 3. The van der Waals surface area contributed by atoms with Crippen LogP contribution in [0.4, 0.5) is 5.69 Å².